The van der Waals surface area contributed by atoms with Crippen LogP contribution < -0.4 is 4.74 Å². The number of carboxylic acids is 1. The van der Waals surface area contributed by atoms with Crippen molar-refractivity contribution in [2.45, 2.75) is 38.5 Å². The van der Waals surface area contributed by atoms with E-state index in [-0.39, 0.29) is 24.7 Å². The number of likely N-dealkylation sites (tertiary alicyclic amines) is 1. The molecule has 0 saturated carbocycles. The molecular weight excluding hydrogens is 322 g/mol. The van der Waals surface area contributed by atoms with Gasteiger partial charge < -0.3 is 9.84 Å². The molecule has 0 unspecified atom stereocenters. The van der Waals surface area contributed by atoms with Crippen LogP contribution in [0.1, 0.15) is 44.1 Å². The van der Waals surface area contributed by atoms with Gasteiger partial charge in [-0.1, -0.05) is 31.0 Å². The van der Waals surface area contributed by atoms with Crippen molar-refractivity contribution in [3.8, 4) is 5.75 Å². The lowest BCUT2D eigenvalue weighted by Crippen LogP contribution is -2.30. The summed E-state index contributed by atoms with van der Waals surface area (Å²) >= 11 is 0. The minimum Gasteiger partial charge on any atom is -0.496 e. The summed E-state index contributed by atoms with van der Waals surface area (Å²) in [7, 11) is 1.57. The van der Waals surface area contributed by atoms with Crippen LogP contribution in [0.5, 0.6) is 5.75 Å². The zero-order valence-corrected chi connectivity index (χ0v) is 14.4. The van der Waals surface area contributed by atoms with E-state index in [1.807, 2.05) is 24.3 Å². The highest BCUT2D eigenvalue weighted by Crippen LogP contribution is 2.26. The molecule has 0 atom stereocenters. The molecule has 1 fully saturated rings. The molecule has 6 nitrogen and oxygen atoms in total. The number of carboxylic acid groups (broad SMARTS) is 1. The summed E-state index contributed by atoms with van der Waals surface area (Å²) in [5, 5.41) is 8.59. The summed E-state index contributed by atoms with van der Waals surface area (Å²) in [6, 6.07) is 7.35. The number of amides is 2. The Morgan fingerprint density at radius 3 is 2.64 bits per heavy atom. The minimum atomic E-state index is -0.795. The first kappa shape index (κ1) is 18.7. The van der Waals surface area contributed by atoms with E-state index in [2.05, 4.69) is 0 Å². The van der Waals surface area contributed by atoms with Gasteiger partial charge in [-0.2, -0.15) is 0 Å². The van der Waals surface area contributed by atoms with Gasteiger partial charge in [0.05, 0.1) is 13.5 Å². The van der Waals surface area contributed by atoms with Crippen LogP contribution in [0, 0.1) is 0 Å². The molecule has 1 aromatic rings. The Balaban J connectivity index is 1.91. The maximum Gasteiger partial charge on any atom is 0.303 e. The van der Waals surface area contributed by atoms with Crippen molar-refractivity contribution in [3.63, 3.8) is 0 Å². The van der Waals surface area contributed by atoms with Gasteiger partial charge in [0.15, 0.2) is 0 Å². The average Bonchev–Trinajstić information content (AvgIpc) is 2.85. The smallest absolute Gasteiger partial charge is 0.303 e. The van der Waals surface area contributed by atoms with Gasteiger partial charge in [0, 0.05) is 24.1 Å². The van der Waals surface area contributed by atoms with E-state index < -0.39 is 5.97 Å². The van der Waals surface area contributed by atoms with Crippen molar-refractivity contribution in [1.82, 2.24) is 4.90 Å². The molecule has 1 aliphatic rings. The molecule has 134 valence electrons. The molecule has 1 aromatic carbocycles. The molecule has 0 bridgehead atoms. The van der Waals surface area contributed by atoms with E-state index in [0.717, 1.165) is 18.4 Å². The van der Waals surface area contributed by atoms with E-state index in [0.29, 0.717) is 30.7 Å². The number of carbonyl (C=O) groups is 3. The van der Waals surface area contributed by atoms with Gasteiger partial charge >= 0.3 is 5.97 Å². The number of benzene rings is 1. The molecule has 0 aliphatic carbocycles. The van der Waals surface area contributed by atoms with Crippen molar-refractivity contribution in [1.29, 1.82) is 0 Å². The predicted octanol–water partition coefficient (Wildman–Crippen LogP) is 2.87. The van der Waals surface area contributed by atoms with Crippen LogP contribution >= 0.6 is 0 Å². The van der Waals surface area contributed by atoms with Gasteiger partial charge in [-0.25, -0.2) is 0 Å². The standard InChI is InChI=1S/C19H23NO5/c1-25-16-9-6-5-8-14(16)12-15-13-17(21)20(19(15)24)11-7-3-2-4-10-18(22)23/h5-6,8-9,12H,2-4,7,10-11,13H2,1H3,(H,22,23)/b15-12+. The van der Waals surface area contributed by atoms with Gasteiger partial charge in [-0.05, 0) is 25.0 Å². The molecule has 2 amide bonds. The number of carbonyl (C=O) groups excluding carboxylic acids is 2. The summed E-state index contributed by atoms with van der Waals surface area (Å²) in [5.41, 5.74) is 1.25. The number of para-hydroxylation sites is 1. The summed E-state index contributed by atoms with van der Waals surface area (Å²) in [5.74, 6) is -0.568. The third kappa shape index (κ3) is 5.17. The van der Waals surface area contributed by atoms with Crippen LogP contribution in [0.3, 0.4) is 0 Å². The maximum atomic E-state index is 12.4. The van der Waals surface area contributed by atoms with Crippen LogP contribution in [0.4, 0.5) is 0 Å². The van der Waals surface area contributed by atoms with Crippen LogP contribution in [0.25, 0.3) is 6.08 Å². The lowest BCUT2D eigenvalue weighted by molar-refractivity contribution is -0.138. The molecular formula is C19H23NO5. The number of unbranched alkanes of at least 4 members (excludes halogenated alkanes) is 3. The normalized spacial score (nSPS) is 15.9. The number of aliphatic carboxylic acids is 1. The first-order chi connectivity index (χ1) is 12.0. The Morgan fingerprint density at radius 1 is 1.20 bits per heavy atom. The van der Waals surface area contributed by atoms with Crippen molar-refractivity contribution in [2.75, 3.05) is 13.7 Å². The molecule has 0 aromatic heterocycles. The Morgan fingerprint density at radius 2 is 1.92 bits per heavy atom. The summed E-state index contributed by atoms with van der Waals surface area (Å²) in [4.78, 5) is 36.3. The maximum absolute atomic E-state index is 12.4. The molecule has 1 N–H and O–H groups in total. The van der Waals surface area contributed by atoms with E-state index >= 15 is 0 Å². The SMILES string of the molecule is COc1ccccc1/C=C1\CC(=O)N(CCCCCCC(=O)O)C1=O. The van der Waals surface area contributed by atoms with Crippen molar-refractivity contribution in [3.05, 3.63) is 35.4 Å². The van der Waals surface area contributed by atoms with Crippen molar-refractivity contribution < 1.29 is 24.2 Å². The van der Waals surface area contributed by atoms with Gasteiger partial charge in [-0.3, -0.25) is 19.3 Å². The lowest BCUT2D eigenvalue weighted by atomic mass is 10.1. The molecule has 25 heavy (non-hydrogen) atoms. The molecule has 1 saturated heterocycles. The van der Waals surface area contributed by atoms with E-state index in [4.69, 9.17) is 9.84 Å². The topological polar surface area (TPSA) is 83.9 Å². The summed E-state index contributed by atoms with van der Waals surface area (Å²) in [6.07, 6.45) is 4.88. The number of hydrogen-bond acceptors (Lipinski definition) is 4. The van der Waals surface area contributed by atoms with Crippen molar-refractivity contribution in [2.24, 2.45) is 0 Å². The highest BCUT2D eigenvalue weighted by molar-refractivity contribution is 6.15. The number of ether oxygens (including phenoxy) is 1. The second-order valence-electron chi connectivity index (χ2n) is 6.00. The van der Waals surface area contributed by atoms with Crippen LogP contribution in [0.2, 0.25) is 0 Å². The van der Waals surface area contributed by atoms with Crippen LogP contribution in [-0.4, -0.2) is 41.4 Å². The van der Waals surface area contributed by atoms with E-state index in [9.17, 15) is 14.4 Å². The van der Waals surface area contributed by atoms with Gasteiger partial charge in [0.25, 0.3) is 5.91 Å². The number of methoxy groups -OCH3 is 1. The van der Waals surface area contributed by atoms with Gasteiger partial charge in [-0.15, -0.1) is 0 Å². The first-order valence-electron chi connectivity index (χ1n) is 8.43. The molecule has 6 heteroatoms. The minimum absolute atomic E-state index is 0.107. The largest absolute Gasteiger partial charge is 0.496 e. The molecule has 1 aliphatic heterocycles. The molecule has 0 spiro atoms. The van der Waals surface area contributed by atoms with Gasteiger partial charge in [0.1, 0.15) is 5.75 Å². The first-order valence-corrected chi connectivity index (χ1v) is 8.43. The fourth-order valence-corrected chi connectivity index (χ4v) is 2.83. The Hall–Kier alpha value is -2.63. The quantitative estimate of drug-likeness (QED) is 0.423. The highest BCUT2D eigenvalue weighted by Gasteiger charge is 2.33. The zero-order chi connectivity index (χ0) is 18.2. The fraction of sp³-hybridized carbons (Fsp3) is 0.421. The molecule has 2 rings (SSSR count). The van der Waals surface area contributed by atoms with Crippen LogP contribution in [-0.2, 0) is 14.4 Å². The Labute approximate surface area is 147 Å². The van der Waals surface area contributed by atoms with E-state index in [1.165, 1.54) is 4.90 Å². The molecule has 0 radical (unpaired) electrons. The highest BCUT2D eigenvalue weighted by atomic mass is 16.5. The third-order valence-electron chi connectivity index (χ3n) is 4.15. The fourth-order valence-electron chi connectivity index (χ4n) is 2.83. The number of imide groups is 1. The second kappa shape index (κ2) is 9.01. The molecule has 1 heterocycles. The second-order valence-corrected chi connectivity index (χ2v) is 6.00. The van der Waals surface area contributed by atoms with Gasteiger partial charge in [0.2, 0.25) is 5.91 Å². The Kier molecular flexibility index (Phi) is 6.74. The summed E-state index contributed by atoms with van der Waals surface area (Å²) in [6.45, 7) is 0.383. The summed E-state index contributed by atoms with van der Waals surface area (Å²) < 4.78 is 5.27. The van der Waals surface area contributed by atoms with Crippen molar-refractivity contribution >= 4 is 23.9 Å². The number of nitrogens with zero attached hydrogens (tertiary/aromatic N) is 1. The van der Waals surface area contributed by atoms with E-state index in [1.54, 1.807) is 13.2 Å². The van der Waals surface area contributed by atoms with Crippen LogP contribution in [0.15, 0.2) is 29.8 Å². The zero-order valence-electron chi connectivity index (χ0n) is 14.4. The Bertz CT molecular complexity index is 680. The third-order valence-corrected chi connectivity index (χ3v) is 4.15. The monoisotopic (exact) mass is 345 g/mol. The number of rotatable bonds is 9. The number of hydrogen-bond donors (Lipinski definition) is 1. The predicted molar refractivity (Wildman–Crippen MR) is 93.0 cm³/mol. The lowest BCUT2D eigenvalue weighted by Gasteiger charge is -2.13. The average molecular weight is 345 g/mol.